The molecule has 8 heteroatoms. The minimum absolute atomic E-state index is 0.184. The summed E-state index contributed by atoms with van der Waals surface area (Å²) in [6.07, 6.45) is 0.962. The summed E-state index contributed by atoms with van der Waals surface area (Å²) < 4.78 is 4.91. The van der Waals surface area contributed by atoms with Crippen molar-refractivity contribution in [3.05, 3.63) is 22.7 Å². The molecule has 0 aliphatic rings. The smallest absolute Gasteiger partial charge is 0.306 e. The number of hydrogen-bond acceptors (Lipinski definition) is 7. The summed E-state index contributed by atoms with van der Waals surface area (Å²) in [5, 5.41) is 9.78. The van der Waals surface area contributed by atoms with Crippen LogP contribution in [0, 0.1) is 6.92 Å². The Labute approximate surface area is 127 Å². The molecule has 0 bridgehead atoms. The molecule has 0 aliphatic carbocycles. The molecule has 0 radical (unpaired) electrons. The van der Waals surface area contributed by atoms with E-state index in [1.807, 2.05) is 24.3 Å². The topological polar surface area (TPSA) is 84.0 Å². The molecule has 0 aromatic carbocycles. The lowest BCUT2D eigenvalue weighted by molar-refractivity contribution is -0.143. The van der Waals surface area contributed by atoms with Crippen LogP contribution in [0.1, 0.15) is 30.7 Å². The van der Waals surface area contributed by atoms with Crippen LogP contribution in [0.5, 0.6) is 0 Å². The second-order valence-corrected chi connectivity index (χ2v) is 5.46. The van der Waals surface area contributed by atoms with Crippen molar-refractivity contribution < 1.29 is 9.53 Å². The van der Waals surface area contributed by atoms with E-state index in [0.717, 1.165) is 22.5 Å². The van der Waals surface area contributed by atoms with Gasteiger partial charge in [0.25, 0.3) is 0 Å². The lowest BCUT2D eigenvalue weighted by atomic mass is 10.2. The van der Waals surface area contributed by atoms with Crippen molar-refractivity contribution in [2.24, 2.45) is 0 Å². The number of rotatable bonds is 7. The molecule has 0 saturated heterocycles. The minimum Gasteiger partial charge on any atom is -0.466 e. The number of aromatic amines is 1. The SMILES string of the molecule is CCOC(=O)CCc1csc(N(C)Cc2n[nH]c(C)n2)n1. The highest BCUT2D eigenvalue weighted by atomic mass is 32.1. The van der Waals surface area contributed by atoms with Gasteiger partial charge < -0.3 is 9.64 Å². The quantitative estimate of drug-likeness (QED) is 0.784. The first-order valence-electron chi connectivity index (χ1n) is 6.77. The lowest BCUT2D eigenvalue weighted by Crippen LogP contribution is -2.17. The third kappa shape index (κ3) is 4.52. The number of nitrogens with one attached hydrogen (secondary N) is 1. The molecule has 2 rings (SSSR count). The average Bonchev–Trinajstić information content (AvgIpc) is 3.06. The first-order chi connectivity index (χ1) is 10.1. The third-order valence-corrected chi connectivity index (χ3v) is 3.78. The number of esters is 1. The normalized spacial score (nSPS) is 10.6. The zero-order chi connectivity index (χ0) is 15.2. The van der Waals surface area contributed by atoms with Gasteiger partial charge in [0, 0.05) is 18.8 Å². The summed E-state index contributed by atoms with van der Waals surface area (Å²) in [7, 11) is 1.94. The van der Waals surface area contributed by atoms with Gasteiger partial charge >= 0.3 is 5.97 Å². The first kappa shape index (κ1) is 15.4. The van der Waals surface area contributed by atoms with Gasteiger partial charge in [-0.15, -0.1) is 11.3 Å². The van der Waals surface area contributed by atoms with Crippen molar-refractivity contribution in [2.75, 3.05) is 18.6 Å². The summed E-state index contributed by atoms with van der Waals surface area (Å²) in [5.41, 5.74) is 0.904. The number of nitrogens with zero attached hydrogens (tertiary/aromatic N) is 4. The fourth-order valence-electron chi connectivity index (χ4n) is 1.79. The molecule has 2 aromatic rings. The molecule has 1 N–H and O–H groups in total. The molecule has 0 aliphatic heterocycles. The Bertz CT molecular complexity index is 595. The standard InChI is InChI=1S/C13H19N5O2S/c1-4-20-12(19)6-5-10-8-21-13(15-10)18(3)7-11-14-9(2)16-17-11/h8H,4-7H2,1-3H3,(H,14,16,17). The molecule has 21 heavy (non-hydrogen) atoms. The van der Waals surface area contributed by atoms with E-state index in [0.29, 0.717) is 26.0 Å². The van der Waals surface area contributed by atoms with Crippen LogP contribution < -0.4 is 4.90 Å². The molecule has 0 amide bonds. The predicted octanol–water partition coefficient (Wildman–Crippen LogP) is 1.70. The molecule has 0 spiro atoms. The fraction of sp³-hybridized carbons (Fsp3) is 0.538. The predicted molar refractivity (Wildman–Crippen MR) is 80.3 cm³/mol. The Hall–Kier alpha value is -1.96. The van der Waals surface area contributed by atoms with Gasteiger partial charge in [0.2, 0.25) is 0 Å². The molecule has 0 saturated carbocycles. The summed E-state index contributed by atoms with van der Waals surface area (Å²) >= 11 is 1.55. The van der Waals surface area contributed by atoms with Crippen molar-refractivity contribution in [2.45, 2.75) is 33.2 Å². The van der Waals surface area contributed by atoms with Crippen LogP contribution >= 0.6 is 11.3 Å². The van der Waals surface area contributed by atoms with Crippen LogP contribution in [0.25, 0.3) is 0 Å². The van der Waals surface area contributed by atoms with Gasteiger partial charge in [-0.3, -0.25) is 9.89 Å². The number of ether oxygens (including phenoxy) is 1. The number of thiazole rings is 1. The lowest BCUT2D eigenvalue weighted by Gasteiger charge is -2.12. The summed E-state index contributed by atoms with van der Waals surface area (Å²) in [6, 6.07) is 0. The van der Waals surface area contributed by atoms with Gasteiger partial charge in [-0.2, -0.15) is 5.10 Å². The van der Waals surface area contributed by atoms with E-state index in [1.165, 1.54) is 0 Å². The third-order valence-electron chi connectivity index (χ3n) is 2.78. The van der Waals surface area contributed by atoms with Crippen molar-refractivity contribution >= 4 is 22.4 Å². The first-order valence-corrected chi connectivity index (χ1v) is 7.65. The van der Waals surface area contributed by atoms with Crippen molar-refractivity contribution in [1.82, 2.24) is 20.2 Å². The van der Waals surface area contributed by atoms with E-state index < -0.39 is 0 Å². The molecule has 0 unspecified atom stereocenters. The second kappa shape index (κ2) is 7.16. The van der Waals surface area contributed by atoms with Crippen molar-refractivity contribution in [1.29, 1.82) is 0 Å². The number of aryl methyl sites for hydroxylation is 2. The van der Waals surface area contributed by atoms with E-state index in [1.54, 1.807) is 18.3 Å². The Balaban J connectivity index is 1.88. The Morgan fingerprint density at radius 2 is 2.29 bits per heavy atom. The number of H-pyrrole nitrogens is 1. The molecule has 7 nitrogen and oxygen atoms in total. The van der Waals surface area contributed by atoms with Crippen LogP contribution in [0.3, 0.4) is 0 Å². The maximum absolute atomic E-state index is 11.3. The second-order valence-electron chi connectivity index (χ2n) is 4.62. The van der Waals surface area contributed by atoms with E-state index in [-0.39, 0.29) is 5.97 Å². The van der Waals surface area contributed by atoms with Crippen LogP contribution in [0.15, 0.2) is 5.38 Å². The maximum atomic E-state index is 11.3. The summed E-state index contributed by atoms with van der Waals surface area (Å²) in [4.78, 5) is 22.1. The summed E-state index contributed by atoms with van der Waals surface area (Å²) in [5.74, 6) is 1.35. The molecule has 0 fully saturated rings. The maximum Gasteiger partial charge on any atom is 0.306 e. The Kier molecular flexibility index (Phi) is 5.26. The molecular formula is C13H19N5O2S. The Morgan fingerprint density at radius 1 is 1.48 bits per heavy atom. The van der Waals surface area contributed by atoms with Gasteiger partial charge in [0.05, 0.1) is 25.3 Å². The van der Waals surface area contributed by atoms with Crippen LogP contribution in [0.4, 0.5) is 5.13 Å². The average molecular weight is 309 g/mol. The van der Waals surface area contributed by atoms with E-state index >= 15 is 0 Å². The minimum atomic E-state index is -0.184. The van der Waals surface area contributed by atoms with Crippen molar-refractivity contribution in [3.63, 3.8) is 0 Å². The number of carbonyl (C=O) groups excluding carboxylic acids is 1. The number of anilines is 1. The highest BCUT2D eigenvalue weighted by molar-refractivity contribution is 7.13. The number of aromatic nitrogens is 4. The van der Waals surface area contributed by atoms with E-state index in [4.69, 9.17) is 4.74 Å². The zero-order valence-electron chi connectivity index (χ0n) is 12.4. The molecular weight excluding hydrogens is 290 g/mol. The van der Waals surface area contributed by atoms with Gasteiger partial charge in [-0.25, -0.2) is 9.97 Å². The molecule has 2 heterocycles. The largest absolute Gasteiger partial charge is 0.466 e. The van der Waals surface area contributed by atoms with Crippen LogP contribution in [-0.2, 0) is 22.5 Å². The van der Waals surface area contributed by atoms with Gasteiger partial charge in [0.1, 0.15) is 5.82 Å². The van der Waals surface area contributed by atoms with Gasteiger partial charge in [-0.1, -0.05) is 0 Å². The van der Waals surface area contributed by atoms with E-state index in [2.05, 4.69) is 20.2 Å². The van der Waals surface area contributed by atoms with Crippen LogP contribution in [-0.4, -0.2) is 39.8 Å². The molecule has 0 atom stereocenters. The van der Waals surface area contributed by atoms with Gasteiger partial charge in [0.15, 0.2) is 11.0 Å². The molecule has 2 aromatic heterocycles. The highest BCUT2D eigenvalue weighted by Crippen LogP contribution is 2.21. The van der Waals surface area contributed by atoms with E-state index in [9.17, 15) is 4.79 Å². The van der Waals surface area contributed by atoms with Crippen LogP contribution in [0.2, 0.25) is 0 Å². The number of carbonyl (C=O) groups is 1. The highest BCUT2D eigenvalue weighted by Gasteiger charge is 2.11. The van der Waals surface area contributed by atoms with Crippen molar-refractivity contribution in [3.8, 4) is 0 Å². The zero-order valence-corrected chi connectivity index (χ0v) is 13.2. The Morgan fingerprint density at radius 3 is 2.95 bits per heavy atom. The summed E-state index contributed by atoms with van der Waals surface area (Å²) in [6.45, 7) is 4.68. The monoisotopic (exact) mass is 309 g/mol. The fourth-order valence-corrected chi connectivity index (χ4v) is 2.62. The molecule has 114 valence electrons. The number of hydrogen-bond donors (Lipinski definition) is 1. The van der Waals surface area contributed by atoms with Gasteiger partial charge in [-0.05, 0) is 13.8 Å².